The molecular formula is C10H18N2O. The van der Waals surface area contributed by atoms with Crippen LogP contribution in [0.4, 0.5) is 0 Å². The zero-order valence-electron chi connectivity index (χ0n) is 8.45. The van der Waals surface area contributed by atoms with Gasteiger partial charge in [0, 0.05) is 19.5 Å². The van der Waals surface area contributed by atoms with Gasteiger partial charge >= 0.3 is 0 Å². The number of nitriles is 1. The SMILES string of the molecule is CC(O)CN(C)CC1(CC#N)CC1. The standard InChI is InChI=1S/C10H18N2O/c1-9(13)7-12(2)8-10(3-4-10)5-6-11/h9,13H,3-5,7-8H2,1-2H3. The molecule has 1 rings (SSSR count). The topological polar surface area (TPSA) is 47.3 Å². The maximum absolute atomic E-state index is 9.16. The van der Waals surface area contributed by atoms with Gasteiger partial charge in [0.15, 0.2) is 0 Å². The second-order valence-corrected chi connectivity index (χ2v) is 4.38. The number of nitrogens with zero attached hydrogens (tertiary/aromatic N) is 2. The van der Waals surface area contributed by atoms with Crippen molar-refractivity contribution < 1.29 is 5.11 Å². The lowest BCUT2D eigenvalue weighted by Crippen LogP contribution is -2.32. The van der Waals surface area contributed by atoms with E-state index in [-0.39, 0.29) is 11.5 Å². The van der Waals surface area contributed by atoms with E-state index in [1.165, 1.54) is 12.8 Å². The highest BCUT2D eigenvalue weighted by molar-refractivity contribution is 5.00. The molecule has 0 aromatic heterocycles. The maximum atomic E-state index is 9.16. The zero-order valence-corrected chi connectivity index (χ0v) is 8.45. The van der Waals surface area contributed by atoms with E-state index in [1.54, 1.807) is 6.92 Å². The van der Waals surface area contributed by atoms with Crippen molar-refractivity contribution in [3.05, 3.63) is 0 Å². The molecule has 3 heteroatoms. The highest BCUT2D eigenvalue weighted by Crippen LogP contribution is 2.48. The predicted octanol–water partition coefficient (Wildman–Crippen LogP) is 0.993. The van der Waals surface area contributed by atoms with Gasteiger partial charge in [0.2, 0.25) is 0 Å². The zero-order chi connectivity index (χ0) is 9.90. The molecule has 0 spiro atoms. The molecule has 0 aliphatic heterocycles. The summed E-state index contributed by atoms with van der Waals surface area (Å²) in [7, 11) is 2.00. The summed E-state index contributed by atoms with van der Waals surface area (Å²) in [5.41, 5.74) is 0.262. The molecule has 74 valence electrons. The Morgan fingerprint density at radius 1 is 1.62 bits per heavy atom. The van der Waals surface area contributed by atoms with E-state index in [4.69, 9.17) is 10.4 Å². The molecule has 1 aliphatic rings. The second kappa shape index (κ2) is 4.08. The molecule has 0 bridgehead atoms. The largest absolute Gasteiger partial charge is 0.392 e. The lowest BCUT2D eigenvalue weighted by Gasteiger charge is -2.22. The number of rotatable bonds is 5. The third-order valence-electron chi connectivity index (χ3n) is 2.59. The summed E-state index contributed by atoms with van der Waals surface area (Å²) in [6, 6.07) is 2.24. The van der Waals surface area contributed by atoms with Gasteiger partial charge in [-0.2, -0.15) is 5.26 Å². The van der Waals surface area contributed by atoms with Gasteiger partial charge in [0.05, 0.1) is 12.2 Å². The highest BCUT2D eigenvalue weighted by Gasteiger charge is 2.42. The third-order valence-corrected chi connectivity index (χ3v) is 2.59. The minimum atomic E-state index is -0.275. The van der Waals surface area contributed by atoms with Gasteiger partial charge in [0.1, 0.15) is 0 Å². The number of aliphatic hydroxyl groups excluding tert-OH is 1. The Morgan fingerprint density at radius 3 is 2.62 bits per heavy atom. The van der Waals surface area contributed by atoms with Gasteiger partial charge in [-0.05, 0) is 32.2 Å². The van der Waals surface area contributed by atoms with Crippen LogP contribution >= 0.6 is 0 Å². The molecule has 0 amide bonds. The number of hydrogen-bond acceptors (Lipinski definition) is 3. The molecule has 1 unspecified atom stereocenters. The lowest BCUT2D eigenvalue weighted by molar-refractivity contribution is 0.129. The molecule has 1 saturated carbocycles. The Morgan fingerprint density at radius 2 is 2.23 bits per heavy atom. The van der Waals surface area contributed by atoms with E-state index >= 15 is 0 Å². The van der Waals surface area contributed by atoms with E-state index in [0.717, 1.165) is 6.54 Å². The van der Waals surface area contributed by atoms with Crippen LogP contribution in [0, 0.1) is 16.7 Å². The minimum Gasteiger partial charge on any atom is -0.392 e. The third kappa shape index (κ3) is 3.33. The molecule has 3 nitrogen and oxygen atoms in total. The van der Waals surface area contributed by atoms with Crippen LogP contribution in [0.25, 0.3) is 0 Å². The van der Waals surface area contributed by atoms with E-state index in [1.807, 2.05) is 7.05 Å². The van der Waals surface area contributed by atoms with Crippen LogP contribution in [0.2, 0.25) is 0 Å². The summed E-state index contributed by atoms with van der Waals surface area (Å²) >= 11 is 0. The Kier molecular flexibility index (Phi) is 3.29. The van der Waals surface area contributed by atoms with Gasteiger partial charge in [-0.25, -0.2) is 0 Å². The molecule has 1 fully saturated rings. The molecule has 13 heavy (non-hydrogen) atoms. The molecular weight excluding hydrogens is 164 g/mol. The molecule has 0 aromatic rings. The average molecular weight is 182 g/mol. The van der Waals surface area contributed by atoms with Crippen LogP contribution in [-0.4, -0.2) is 36.2 Å². The van der Waals surface area contributed by atoms with Crippen LogP contribution in [0.5, 0.6) is 0 Å². The van der Waals surface area contributed by atoms with Crippen molar-refractivity contribution in [2.75, 3.05) is 20.1 Å². The summed E-state index contributed by atoms with van der Waals surface area (Å²) in [6.45, 7) is 3.44. The molecule has 1 N–H and O–H groups in total. The van der Waals surface area contributed by atoms with Crippen LogP contribution < -0.4 is 0 Å². The first-order valence-electron chi connectivity index (χ1n) is 4.81. The fourth-order valence-corrected chi connectivity index (χ4v) is 1.82. The summed E-state index contributed by atoms with van der Waals surface area (Å²) in [6.07, 6.45) is 2.73. The van der Waals surface area contributed by atoms with Crippen molar-refractivity contribution in [1.29, 1.82) is 5.26 Å². The van der Waals surface area contributed by atoms with Crippen molar-refractivity contribution >= 4 is 0 Å². The average Bonchev–Trinajstić information content (AvgIpc) is 2.67. The fourth-order valence-electron chi connectivity index (χ4n) is 1.82. The number of likely N-dealkylation sites (N-methyl/N-ethyl adjacent to an activating group) is 1. The van der Waals surface area contributed by atoms with E-state index < -0.39 is 0 Å². The van der Waals surface area contributed by atoms with Gasteiger partial charge < -0.3 is 10.0 Å². The smallest absolute Gasteiger partial charge is 0.0638 e. The monoisotopic (exact) mass is 182 g/mol. The molecule has 0 aromatic carbocycles. The molecule has 0 radical (unpaired) electrons. The Hall–Kier alpha value is -0.590. The lowest BCUT2D eigenvalue weighted by atomic mass is 10.0. The van der Waals surface area contributed by atoms with Gasteiger partial charge in [-0.15, -0.1) is 0 Å². The van der Waals surface area contributed by atoms with E-state index in [0.29, 0.717) is 13.0 Å². The van der Waals surface area contributed by atoms with Crippen molar-refractivity contribution in [3.63, 3.8) is 0 Å². The number of hydrogen-bond donors (Lipinski definition) is 1. The van der Waals surface area contributed by atoms with Gasteiger partial charge in [-0.3, -0.25) is 0 Å². The first kappa shape index (κ1) is 10.5. The first-order valence-corrected chi connectivity index (χ1v) is 4.81. The van der Waals surface area contributed by atoms with Crippen molar-refractivity contribution in [2.45, 2.75) is 32.3 Å². The normalized spacial score (nSPS) is 21.2. The van der Waals surface area contributed by atoms with Crippen molar-refractivity contribution in [3.8, 4) is 6.07 Å². The van der Waals surface area contributed by atoms with Crippen LogP contribution in [-0.2, 0) is 0 Å². The quantitative estimate of drug-likeness (QED) is 0.689. The summed E-state index contributed by atoms with van der Waals surface area (Å²) in [4.78, 5) is 2.12. The van der Waals surface area contributed by atoms with Crippen LogP contribution in [0.15, 0.2) is 0 Å². The summed E-state index contributed by atoms with van der Waals surface area (Å²) < 4.78 is 0. The van der Waals surface area contributed by atoms with E-state index in [9.17, 15) is 0 Å². The highest BCUT2D eigenvalue weighted by atomic mass is 16.3. The van der Waals surface area contributed by atoms with Gasteiger partial charge in [0.25, 0.3) is 0 Å². The summed E-state index contributed by atoms with van der Waals surface area (Å²) in [5, 5.41) is 17.8. The van der Waals surface area contributed by atoms with Gasteiger partial charge in [-0.1, -0.05) is 0 Å². The van der Waals surface area contributed by atoms with E-state index in [2.05, 4.69) is 11.0 Å². The Labute approximate surface area is 80.0 Å². The molecule has 1 aliphatic carbocycles. The maximum Gasteiger partial charge on any atom is 0.0638 e. The second-order valence-electron chi connectivity index (χ2n) is 4.38. The minimum absolute atomic E-state index is 0.262. The Balaban J connectivity index is 2.28. The Bertz CT molecular complexity index is 203. The molecule has 1 atom stereocenters. The van der Waals surface area contributed by atoms with Crippen molar-refractivity contribution in [2.24, 2.45) is 5.41 Å². The molecule has 0 saturated heterocycles. The predicted molar refractivity (Wildman–Crippen MR) is 51.1 cm³/mol. The van der Waals surface area contributed by atoms with Crippen LogP contribution in [0.3, 0.4) is 0 Å². The molecule has 0 heterocycles. The fraction of sp³-hybridized carbons (Fsp3) is 0.900. The van der Waals surface area contributed by atoms with Crippen molar-refractivity contribution in [1.82, 2.24) is 4.90 Å². The van der Waals surface area contributed by atoms with Crippen LogP contribution in [0.1, 0.15) is 26.2 Å². The summed E-state index contributed by atoms with van der Waals surface area (Å²) in [5.74, 6) is 0. The number of aliphatic hydroxyl groups is 1. The first-order chi connectivity index (χ1) is 6.08.